The first-order chi connectivity index (χ1) is 7.47. The van der Waals surface area contributed by atoms with Gasteiger partial charge in [0.15, 0.2) is 0 Å². The zero-order valence-corrected chi connectivity index (χ0v) is 11.2. The van der Waals surface area contributed by atoms with E-state index in [4.69, 9.17) is 23.2 Å². The molecule has 0 spiro atoms. The molecule has 0 bridgehead atoms. The minimum atomic E-state index is -0.143. The average molecular weight is 261 g/mol. The van der Waals surface area contributed by atoms with E-state index >= 15 is 0 Å². The zero-order chi connectivity index (χ0) is 12.3. The largest absolute Gasteiger partial charge is 0.206 e. The lowest BCUT2D eigenvalue weighted by atomic mass is 9.91. The van der Waals surface area contributed by atoms with Crippen LogP contribution in [0.3, 0.4) is 0 Å². The molecule has 0 N–H and O–H groups in total. The minimum absolute atomic E-state index is 0.0695. The van der Waals surface area contributed by atoms with E-state index < -0.39 is 0 Å². The Kier molecular flexibility index (Phi) is 4.82. The van der Waals surface area contributed by atoms with Gasteiger partial charge in [-0.05, 0) is 43.0 Å². The van der Waals surface area contributed by atoms with Gasteiger partial charge in [-0.1, -0.05) is 42.3 Å². The van der Waals surface area contributed by atoms with Gasteiger partial charge in [0.2, 0.25) is 0 Å². The van der Waals surface area contributed by atoms with Crippen LogP contribution < -0.4 is 0 Å². The summed E-state index contributed by atoms with van der Waals surface area (Å²) < 4.78 is 14.0. The Hall–Kier alpha value is -0.530. The van der Waals surface area contributed by atoms with Crippen LogP contribution in [0.2, 0.25) is 0 Å². The fraction of sp³-hybridized carbons (Fsp3) is 0.385. The van der Waals surface area contributed by atoms with E-state index in [1.807, 2.05) is 13.0 Å². The van der Waals surface area contributed by atoms with Crippen LogP contribution in [0.15, 0.2) is 22.7 Å². The number of benzene rings is 1. The Morgan fingerprint density at radius 1 is 1.38 bits per heavy atom. The van der Waals surface area contributed by atoms with E-state index in [1.165, 1.54) is 0 Å². The topological polar surface area (TPSA) is 0 Å². The van der Waals surface area contributed by atoms with E-state index in [9.17, 15) is 4.39 Å². The first kappa shape index (κ1) is 13.5. The Bertz CT molecular complexity index is 407. The van der Waals surface area contributed by atoms with Crippen LogP contribution in [0.1, 0.15) is 36.0 Å². The lowest BCUT2D eigenvalue weighted by molar-refractivity contribution is 0.603. The quantitative estimate of drug-likeness (QED) is 0.696. The summed E-state index contributed by atoms with van der Waals surface area (Å²) in [6.45, 7) is 5.57. The third-order valence-electron chi connectivity index (χ3n) is 2.79. The molecule has 16 heavy (non-hydrogen) atoms. The van der Waals surface area contributed by atoms with Gasteiger partial charge in [0, 0.05) is 5.92 Å². The Balaban J connectivity index is 3.21. The fourth-order valence-corrected chi connectivity index (χ4v) is 2.12. The van der Waals surface area contributed by atoms with E-state index in [0.29, 0.717) is 11.1 Å². The maximum atomic E-state index is 13.7. The molecule has 0 amide bonds. The number of halogens is 3. The summed E-state index contributed by atoms with van der Waals surface area (Å²) >= 11 is 11.3. The van der Waals surface area contributed by atoms with Crippen molar-refractivity contribution < 1.29 is 4.39 Å². The normalized spacial score (nSPS) is 12.4. The highest BCUT2D eigenvalue weighted by Gasteiger charge is 2.13. The summed E-state index contributed by atoms with van der Waals surface area (Å²) in [4.78, 5) is 0. The van der Waals surface area contributed by atoms with Crippen molar-refractivity contribution in [2.24, 2.45) is 0 Å². The van der Waals surface area contributed by atoms with Crippen molar-refractivity contribution in [2.45, 2.75) is 33.1 Å². The molecule has 0 aliphatic carbocycles. The second-order valence-electron chi connectivity index (χ2n) is 3.88. The van der Waals surface area contributed by atoms with Crippen LogP contribution in [-0.4, -0.2) is 0 Å². The average Bonchev–Trinajstić information content (AvgIpc) is 2.23. The molecule has 0 aliphatic heterocycles. The van der Waals surface area contributed by atoms with Gasteiger partial charge in [-0.15, -0.1) is 0 Å². The van der Waals surface area contributed by atoms with Gasteiger partial charge in [-0.3, -0.25) is 0 Å². The lowest BCUT2D eigenvalue weighted by Crippen LogP contribution is -2.00. The Morgan fingerprint density at radius 3 is 2.50 bits per heavy atom. The Labute approximate surface area is 106 Å². The molecule has 0 nitrogen and oxygen atoms in total. The highest BCUT2D eigenvalue weighted by molar-refractivity contribution is 6.55. The second kappa shape index (κ2) is 5.70. The molecule has 1 aromatic rings. The predicted octanol–water partition coefficient (Wildman–Crippen LogP) is 5.26. The molecule has 3 heteroatoms. The number of hydrogen-bond donors (Lipinski definition) is 0. The van der Waals surface area contributed by atoms with Crippen molar-refractivity contribution in [1.82, 2.24) is 0 Å². The van der Waals surface area contributed by atoms with Crippen LogP contribution in [0, 0.1) is 19.7 Å². The van der Waals surface area contributed by atoms with Gasteiger partial charge in [0.05, 0.1) is 0 Å². The van der Waals surface area contributed by atoms with Crippen LogP contribution in [-0.2, 0) is 0 Å². The van der Waals surface area contributed by atoms with Crippen molar-refractivity contribution in [3.05, 3.63) is 45.2 Å². The molecule has 0 aliphatic rings. The van der Waals surface area contributed by atoms with E-state index in [-0.39, 0.29) is 16.2 Å². The molecule has 0 radical (unpaired) electrons. The number of allylic oxidation sites excluding steroid dienone is 1. The molecule has 0 fully saturated rings. The molecular weight excluding hydrogens is 246 g/mol. The Morgan fingerprint density at radius 2 is 2.00 bits per heavy atom. The van der Waals surface area contributed by atoms with Crippen molar-refractivity contribution >= 4 is 23.2 Å². The first-order valence-electron chi connectivity index (χ1n) is 5.25. The van der Waals surface area contributed by atoms with E-state index in [1.54, 1.807) is 26.0 Å². The molecule has 1 unspecified atom stereocenters. The molecule has 88 valence electrons. The monoisotopic (exact) mass is 260 g/mol. The number of aryl methyl sites for hydroxylation is 1. The number of rotatable bonds is 3. The molecule has 1 atom stereocenters. The fourth-order valence-electron chi connectivity index (χ4n) is 1.82. The summed E-state index contributed by atoms with van der Waals surface area (Å²) in [7, 11) is 0. The summed E-state index contributed by atoms with van der Waals surface area (Å²) in [6, 6.07) is 3.73. The van der Waals surface area contributed by atoms with Gasteiger partial charge in [0.25, 0.3) is 0 Å². The third-order valence-corrected chi connectivity index (χ3v) is 3.04. The predicted molar refractivity (Wildman–Crippen MR) is 68.7 cm³/mol. The molecule has 1 aromatic carbocycles. The standard InChI is InChI=1S/C13H15Cl2F/c1-4-10(7-12(14)15)11-6-5-8(2)13(16)9(11)3/h5-7,10H,4H2,1-3H3. The highest BCUT2D eigenvalue weighted by atomic mass is 35.5. The zero-order valence-electron chi connectivity index (χ0n) is 9.65. The van der Waals surface area contributed by atoms with E-state index in [0.717, 1.165) is 12.0 Å². The molecule has 0 saturated carbocycles. The first-order valence-corrected chi connectivity index (χ1v) is 6.01. The van der Waals surface area contributed by atoms with Crippen molar-refractivity contribution in [3.63, 3.8) is 0 Å². The lowest BCUT2D eigenvalue weighted by Gasteiger charge is -2.15. The van der Waals surface area contributed by atoms with Crippen LogP contribution in [0.25, 0.3) is 0 Å². The van der Waals surface area contributed by atoms with Gasteiger partial charge in [-0.2, -0.15) is 0 Å². The van der Waals surface area contributed by atoms with Gasteiger partial charge < -0.3 is 0 Å². The van der Waals surface area contributed by atoms with Gasteiger partial charge in [0.1, 0.15) is 10.3 Å². The maximum Gasteiger partial charge on any atom is 0.129 e. The molecule has 0 saturated heterocycles. The maximum absolute atomic E-state index is 13.7. The summed E-state index contributed by atoms with van der Waals surface area (Å²) in [6.07, 6.45) is 2.59. The highest BCUT2D eigenvalue weighted by Crippen LogP contribution is 2.29. The van der Waals surface area contributed by atoms with Crippen molar-refractivity contribution in [3.8, 4) is 0 Å². The SMILES string of the molecule is CCC(C=C(Cl)Cl)c1ccc(C)c(F)c1C. The second-order valence-corrected chi connectivity index (χ2v) is 4.89. The van der Waals surface area contributed by atoms with Crippen molar-refractivity contribution in [1.29, 1.82) is 0 Å². The minimum Gasteiger partial charge on any atom is -0.206 e. The van der Waals surface area contributed by atoms with Crippen LogP contribution in [0.5, 0.6) is 0 Å². The number of hydrogen-bond acceptors (Lipinski definition) is 0. The molecular formula is C13H15Cl2F. The van der Waals surface area contributed by atoms with Gasteiger partial charge >= 0.3 is 0 Å². The summed E-state index contributed by atoms with van der Waals surface area (Å²) in [5.41, 5.74) is 2.29. The summed E-state index contributed by atoms with van der Waals surface area (Å²) in [5, 5.41) is 0. The molecule has 0 aromatic heterocycles. The van der Waals surface area contributed by atoms with Crippen molar-refractivity contribution in [2.75, 3.05) is 0 Å². The van der Waals surface area contributed by atoms with E-state index in [2.05, 4.69) is 0 Å². The van der Waals surface area contributed by atoms with Crippen LogP contribution >= 0.6 is 23.2 Å². The molecule has 1 rings (SSSR count). The third kappa shape index (κ3) is 2.99. The van der Waals surface area contributed by atoms with Gasteiger partial charge in [-0.25, -0.2) is 4.39 Å². The van der Waals surface area contributed by atoms with Crippen LogP contribution in [0.4, 0.5) is 4.39 Å². The molecule has 0 heterocycles. The summed E-state index contributed by atoms with van der Waals surface area (Å²) in [5.74, 6) is -0.0739. The smallest absolute Gasteiger partial charge is 0.129 e.